The molecular formula is C27H30N2O4. The van der Waals surface area contributed by atoms with Crippen molar-refractivity contribution < 1.29 is 18.7 Å². The smallest absolute Gasteiger partial charge is 0.246 e. The van der Waals surface area contributed by atoms with Crippen LogP contribution in [0.3, 0.4) is 0 Å². The van der Waals surface area contributed by atoms with Crippen LogP contribution >= 0.6 is 0 Å². The Balaban J connectivity index is 1.71. The van der Waals surface area contributed by atoms with Gasteiger partial charge in [0.2, 0.25) is 11.8 Å². The molecule has 0 aliphatic carbocycles. The number of aryl methyl sites for hydroxylation is 1. The van der Waals surface area contributed by atoms with Gasteiger partial charge >= 0.3 is 0 Å². The number of allylic oxidation sites excluding steroid dienone is 1. The van der Waals surface area contributed by atoms with E-state index in [1.807, 2.05) is 39.0 Å². The van der Waals surface area contributed by atoms with E-state index in [0.29, 0.717) is 32.8 Å². The number of ether oxygens (including phenoxy) is 1. The summed E-state index contributed by atoms with van der Waals surface area (Å²) in [6, 6.07) is 12.2. The molecular weight excluding hydrogens is 416 g/mol. The van der Waals surface area contributed by atoms with Gasteiger partial charge in [0.05, 0.1) is 12.9 Å². The van der Waals surface area contributed by atoms with Gasteiger partial charge in [-0.25, -0.2) is 0 Å². The first-order valence-corrected chi connectivity index (χ1v) is 11.4. The molecule has 172 valence electrons. The Labute approximate surface area is 194 Å². The average Bonchev–Trinajstić information content (AvgIpc) is 3.25. The summed E-state index contributed by atoms with van der Waals surface area (Å²) >= 11 is 0. The lowest BCUT2D eigenvalue weighted by atomic mass is 9.96. The maximum atomic E-state index is 13.0. The molecule has 0 bridgehead atoms. The van der Waals surface area contributed by atoms with Crippen LogP contribution in [0.1, 0.15) is 31.9 Å². The van der Waals surface area contributed by atoms with Crippen molar-refractivity contribution in [2.24, 2.45) is 0 Å². The SMILES string of the molecule is CCOc1c(/C(C)=C/C(=O)N2CCN(C(C)=O)CC2)cc2c(-c3ccccc3)coc2c1C. The predicted octanol–water partition coefficient (Wildman–Crippen LogP) is 4.90. The second-order valence-corrected chi connectivity index (χ2v) is 8.36. The Morgan fingerprint density at radius 2 is 1.73 bits per heavy atom. The van der Waals surface area contributed by atoms with Crippen LogP contribution in [0.5, 0.6) is 5.75 Å². The van der Waals surface area contributed by atoms with E-state index in [-0.39, 0.29) is 11.8 Å². The van der Waals surface area contributed by atoms with Crippen LogP contribution in [0.2, 0.25) is 0 Å². The number of piperazine rings is 1. The number of benzene rings is 2. The van der Waals surface area contributed by atoms with Crippen molar-refractivity contribution in [1.82, 2.24) is 9.80 Å². The highest BCUT2D eigenvalue weighted by atomic mass is 16.5. The summed E-state index contributed by atoms with van der Waals surface area (Å²) in [6.07, 6.45) is 3.46. The molecule has 0 unspecified atom stereocenters. The summed E-state index contributed by atoms with van der Waals surface area (Å²) in [5, 5.41) is 0.993. The summed E-state index contributed by atoms with van der Waals surface area (Å²) in [4.78, 5) is 28.1. The zero-order chi connectivity index (χ0) is 23.5. The van der Waals surface area contributed by atoms with Gasteiger partial charge in [-0.05, 0) is 38.0 Å². The van der Waals surface area contributed by atoms with Gasteiger partial charge in [0.1, 0.15) is 11.3 Å². The first kappa shape index (κ1) is 22.6. The van der Waals surface area contributed by atoms with E-state index in [0.717, 1.165) is 44.5 Å². The number of nitrogens with zero attached hydrogens (tertiary/aromatic N) is 2. The van der Waals surface area contributed by atoms with E-state index in [4.69, 9.17) is 9.15 Å². The van der Waals surface area contributed by atoms with Gasteiger partial charge in [0.25, 0.3) is 0 Å². The molecule has 33 heavy (non-hydrogen) atoms. The van der Waals surface area contributed by atoms with Gasteiger partial charge in [-0.15, -0.1) is 0 Å². The molecule has 1 fully saturated rings. The van der Waals surface area contributed by atoms with Gasteiger partial charge in [-0.3, -0.25) is 9.59 Å². The summed E-state index contributed by atoms with van der Waals surface area (Å²) in [6.45, 7) is 10.2. The Bertz CT molecular complexity index is 1200. The fraction of sp³-hybridized carbons (Fsp3) is 0.333. The van der Waals surface area contributed by atoms with Crippen LogP contribution < -0.4 is 4.74 Å². The Hall–Kier alpha value is -3.54. The zero-order valence-electron chi connectivity index (χ0n) is 19.7. The average molecular weight is 447 g/mol. The predicted molar refractivity (Wildman–Crippen MR) is 130 cm³/mol. The van der Waals surface area contributed by atoms with Crippen LogP contribution in [0.15, 0.2) is 53.2 Å². The van der Waals surface area contributed by atoms with Gasteiger partial charge in [-0.1, -0.05) is 30.3 Å². The first-order chi connectivity index (χ1) is 15.9. The lowest BCUT2D eigenvalue weighted by molar-refractivity contribution is -0.135. The molecule has 4 rings (SSSR count). The van der Waals surface area contributed by atoms with E-state index in [1.165, 1.54) is 0 Å². The fourth-order valence-electron chi connectivity index (χ4n) is 4.38. The topological polar surface area (TPSA) is 63.0 Å². The lowest BCUT2D eigenvalue weighted by Crippen LogP contribution is -2.49. The summed E-state index contributed by atoms with van der Waals surface area (Å²) in [5.41, 5.74) is 5.52. The van der Waals surface area contributed by atoms with Crippen molar-refractivity contribution in [3.63, 3.8) is 0 Å². The maximum absolute atomic E-state index is 13.0. The van der Waals surface area contributed by atoms with Gasteiger partial charge < -0.3 is 19.0 Å². The normalized spacial score (nSPS) is 14.6. The molecule has 6 nitrogen and oxygen atoms in total. The third-order valence-electron chi connectivity index (χ3n) is 6.22. The van der Waals surface area contributed by atoms with E-state index in [1.54, 1.807) is 29.1 Å². The van der Waals surface area contributed by atoms with E-state index in [2.05, 4.69) is 18.2 Å². The Morgan fingerprint density at radius 3 is 2.36 bits per heavy atom. The molecule has 6 heteroatoms. The molecule has 0 saturated carbocycles. The maximum Gasteiger partial charge on any atom is 0.246 e. The van der Waals surface area contributed by atoms with Crippen molar-refractivity contribution in [3.8, 4) is 16.9 Å². The molecule has 2 amide bonds. The van der Waals surface area contributed by atoms with Crippen molar-refractivity contribution in [1.29, 1.82) is 0 Å². The molecule has 0 N–H and O–H groups in total. The minimum atomic E-state index is -0.0497. The molecule has 1 aliphatic rings. The van der Waals surface area contributed by atoms with Crippen LogP contribution in [0, 0.1) is 6.92 Å². The minimum Gasteiger partial charge on any atom is -0.493 e. The second kappa shape index (κ2) is 9.53. The molecule has 1 aliphatic heterocycles. The van der Waals surface area contributed by atoms with Crippen molar-refractivity contribution in [3.05, 3.63) is 59.9 Å². The molecule has 0 radical (unpaired) electrons. The minimum absolute atomic E-state index is 0.0493. The number of hydrogen-bond donors (Lipinski definition) is 0. The monoisotopic (exact) mass is 446 g/mol. The number of hydrogen-bond acceptors (Lipinski definition) is 4. The van der Waals surface area contributed by atoms with Gasteiger partial charge in [0.15, 0.2) is 0 Å². The highest BCUT2D eigenvalue weighted by Gasteiger charge is 2.23. The van der Waals surface area contributed by atoms with Crippen molar-refractivity contribution in [2.45, 2.75) is 27.7 Å². The van der Waals surface area contributed by atoms with E-state index in [9.17, 15) is 9.59 Å². The molecule has 0 atom stereocenters. The Kier molecular flexibility index (Phi) is 6.54. The number of amides is 2. The zero-order valence-corrected chi connectivity index (χ0v) is 19.7. The first-order valence-electron chi connectivity index (χ1n) is 11.4. The summed E-state index contributed by atoms with van der Waals surface area (Å²) in [5.74, 6) is 0.738. The molecule has 0 spiro atoms. The third-order valence-corrected chi connectivity index (χ3v) is 6.22. The molecule has 2 aromatic carbocycles. The summed E-state index contributed by atoms with van der Waals surface area (Å²) < 4.78 is 12.0. The fourth-order valence-corrected chi connectivity index (χ4v) is 4.38. The lowest BCUT2D eigenvalue weighted by Gasteiger charge is -2.33. The highest BCUT2D eigenvalue weighted by Crippen LogP contribution is 2.40. The Morgan fingerprint density at radius 1 is 1.06 bits per heavy atom. The van der Waals surface area contributed by atoms with Crippen LogP contribution in [-0.4, -0.2) is 54.4 Å². The van der Waals surface area contributed by atoms with Crippen molar-refractivity contribution >= 4 is 28.4 Å². The molecule has 1 saturated heterocycles. The van der Waals surface area contributed by atoms with Crippen LogP contribution in [0.4, 0.5) is 0 Å². The quantitative estimate of drug-likeness (QED) is 0.523. The largest absolute Gasteiger partial charge is 0.493 e. The van der Waals surface area contributed by atoms with Gasteiger partial charge in [-0.2, -0.15) is 0 Å². The second-order valence-electron chi connectivity index (χ2n) is 8.36. The van der Waals surface area contributed by atoms with E-state index < -0.39 is 0 Å². The third kappa shape index (κ3) is 4.51. The highest BCUT2D eigenvalue weighted by molar-refractivity contribution is 6.01. The molecule has 3 aromatic rings. The number of furan rings is 1. The number of carbonyl (C=O) groups excluding carboxylic acids is 2. The molecule has 1 aromatic heterocycles. The van der Waals surface area contributed by atoms with Crippen LogP contribution in [0.25, 0.3) is 27.7 Å². The summed E-state index contributed by atoms with van der Waals surface area (Å²) in [7, 11) is 0. The van der Waals surface area contributed by atoms with Gasteiger partial charge in [0, 0.05) is 61.3 Å². The van der Waals surface area contributed by atoms with Crippen molar-refractivity contribution in [2.75, 3.05) is 32.8 Å². The van der Waals surface area contributed by atoms with Crippen LogP contribution in [-0.2, 0) is 9.59 Å². The number of rotatable bonds is 5. The standard InChI is InChI=1S/C27H30N2O4/c1-5-32-26-19(3)27-23(24(17-33-27)21-9-7-6-8-10-21)16-22(26)18(2)15-25(31)29-13-11-28(12-14-29)20(4)30/h6-10,15-17H,5,11-14H2,1-4H3/b18-15+. The molecule has 2 heterocycles. The number of fused-ring (bicyclic) bond motifs is 1. The van der Waals surface area contributed by atoms with E-state index >= 15 is 0 Å². The number of carbonyl (C=O) groups is 2.